The van der Waals surface area contributed by atoms with Gasteiger partial charge in [0.15, 0.2) is 0 Å². The van der Waals surface area contributed by atoms with Crippen molar-refractivity contribution in [2.75, 3.05) is 0 Å². The fourth-order valence-corrected chi connectivity index (χ4v) is 9.75. The topological polar surface area (TPSA) is 38.7 Å². The van der Waals surface area contributed by atoms with E-state index in [9.17, 15) is 5.48 Å². The van der Waals surface area contributed by atoms with Gasteiger partial charge < -0.3 is 15.0 Å². The summed E-state index contributed by atoms with van der Waals surface area (Å²) in [6.45, 7) is 13.2. The molecule has 342 valence electrons. The Hall–Kier alpha value is -6.58. The van der Waals surface area contributed by atoms with Crippen molar-refractivity contribution in [3.8, 4) is 56.0 Å². The van der Waals surface area contributed by atoms with E-state index in [4.69, 9.17) is 15.0 Å². The van der Waals surface area contributed by atoms with E-state index in [2.05, 4.69) is 108 Å². The van der Waals surface area contributed by atoms with Crippen LogP contribution in [0.2, 0.25) is 0 Å². The number of pyridine rings is 3. The smallest absolute Gasteiger partial charge is 0.304 e. The molecule has 0 fully saturated rings. The average molecular weight is 1080 g/mol. The molecule has 4 heteroatoms. The molecule has 3 nitrogen and oxygen atoms in total. The molecule has 6 aromatic carbocycles. The predicted molar refractivity (Wildman–Crippen MR) is 281 cm³/mol. The molecule has 0 atom stereocenters. The van der Waals surface area contributed by atoms with Gasteiger partial charge in [-0.25, -0.2) is 0 Å². The summed E-state index contributed by atoms with van der Waals surface area (Å²) >= 11 is 0. The molecular formula is C65H58IrN3. The first-order valence-corrected chi connectivity index (χ1v) is 23.7. The maximum Gasteiger partial charge on any atom is 3.00 e. The number of benzene rings is 6. The van der Waals surface area contributed by atoms with E-state index in [1.807, 2.05) is 122 Å². The molecule has 9 aromatic rings. The molecule has 3 heterocycles. The van der Waals surface area contributed by atoms with Crippen LogP contribution < -0.4 is 0 Å². The minimum absolute atomic E-state index is 0. The number of aryl methyl sites for hydroxylation is 2. The first-order valence-electron chi connectivity index (χ1n) is 25.7. The number of aromatic nitrogens is 3. The zero-order valence-corrected chi connectivity index (χ0v) is 42.5. The molecule has 0 saturated carbocycles. The molecule has 0 bridgehead atoms. The van der Waals surface area contributed by atoms with E-state index >= 15 is 0 Å². The molecule has 1 aliphatic rings. The second-order valence-corrected chi connectivity index (χ2v) is 19.8. The number of hydrogen-bond donors (Lipinski definition) is 0. The monoisotopic (exact) mass is 1080 g/mol. The summed E-state index contributed by atoms with van der Waals surface area (Å²) in [5.41, 5.74) is 15.9. The van der Waals surface area contributed by atoms with Gasteiger partial charge in [-0.15, -0.1) is 108 Å². The SMILES string of the molecule is [2H]C([2H])(c1cc(CC(C)(C)c2ccc(-c3[c-]cccc3)nc2)cc(CC(C)(C)c2ccc(-c3[c-]cccc3)nc2)c1)C([2H])([2H])c1cnc(-c2[c-]cccc2)cc1-c1cccc2c1Cc1cc(C(C)C)ccc1-2.[Ir+3]. The van der Waals surface area contributed by atoms with Gasteiger partial charge in [-0.05, 0) is 138 Å². The first-order chi connectivity index (χ1) is 34.5. The Balaban J connectivity index is 0.00000656. The molecule has 1 aliphatic carbocycles. The van der Waals surface area contributed by atoms with Crippen molar-refractivity contribution < 1.29 is 25.6 Å². The Labute approximate surface area is 429 Å². The van der Waals surface area contributed by atoms with Crippen LogP contribution in [0.5, 0.6) is 0 Å². The zero-order valence-electron chi connectivity index (χ0n) is 44.1. The number of nitrogens with zero attached hydrogens (tertiary/aromatic N) is 3. The summed E-state index contributed by atoms with van der Waals surface area (Å²) in [4.78, 5) is 14.6. The van der Waals surface area contributed by atoms with Gasteiger partial charge in [0.05, 0.1) is 0 Å². The van der Waals surface area contributed by atoms with Crippen LogP contribution >= 0.6 is 0 Å². The molecule has 3 aromatic heterocycles. The third-order valence-electron chi connectivity index (χ3n) is 13.6. The fourth-order valence-electron chi connectivity index (χ4n) is 9.75. The standard InChI is InChI=1S/C65H58N3.Ir/c1-44(2)51-27-30-56-53(36-51)37-60-57(56)23-16-24-58(60)59-38-63(50-21-14-9-15-22-50)66-41-52(59)26-25-45-33-46(39-64(3,4)54-28-31-61(67-42-54)48-17-10-7-11-18-48)35-47(34-45)40-65(5,6)55-29-32-62(68-43-55)49-19-12-8-13-20-49;/h7-17,19,21,23-24,27-36,38,41-44H,25-26,37,39-40H2,1-6H3;/q-3;+3/i25D2,26D2;. The van der Waals surface area contributed by atoms with Crippen molar-refractivity contribution in [1.82, 2.24) is 15.0 Å². The van der Waals surface area contributed by atoms with Gasteiger partial charge in [0.1, 0.15) is 0 Å². The summed E-state index contributed by atoms with van der Waals surface area (Å²) in [6, 6.07) is 62.3. The van der Waals surface area contributed by atoms with E-state index < -0.39 is 23.6 Å². The van der Waals surface area contributed by atoms with Crippen LogP contribution in [0.3, 0.4) is 0 Å². The van der Waals surface area contributed by atoms with Gasteiger partial charge in [-0.1, -0.05) is 126 Å². The van der Waals surface area contributed by atoms with Crippen LogP contribution in [0.1, 0.15) is 103 Å². The molecule has 0 N–H and O–H groups in total. The Bertz CT molecular complexity index is 3280. The second kappa shape index (κ2) is 20.2. The van der Waals surface area contributed by atoms with Gasteiger partial charge in [-0.2, -0.15) is 0 Å². The largest absolute Gasteiger partial charge is 3.00 e. The molecule has 0 amide bonds. The summed E-state index contributed by atoms with van der Waals surface area (Å²) in [7, 11) is 0. The Kier molecular flexibility index (Phi) is 12.4. The molecule has 10 rings (SSSR count). The van der Waals surface area contributed by atoms with E-state index in [0.29, 0.717) is 36.4 Å². The quantitative estimate of drug-likeness (QED) is 0.102. The zero-order chi connectivity index (χ0) is 50.4. The number of fused-ring (bicyclic) bond motifs is 3. The van der Waals surface area contributed by atoms with Crippen LogP contribution in [-0.2, 0) is 62.9 Å². The number of rotatable bonds is 14. The summed E-state index contributed by atoms with van der Waals surface area (Å²) in [6.07, 6.45) is 2.14. The van der Waals surface area contributed by atoms with Crippen molar-refractivity contribution in [3.63, 3.8) is 0 Å². The molecule has 0 saturated heterocycles. The minimum atomic E-state index is -2.56. The van der Waals surface area contributed by atoms with Crippen LogP contribution in [-0.4, -0.2) is 15.0 Å². The summed E-state index contributed by atoms with van der Waals surface area (Å²) < 4.78 is 40.6. The van der Waals surface area contributed by atoms with Gasteiger partial charge >= 0.3 is 20.1 Å². The van der Waals surface area contributed by atoms with Crippen LogP contribution in [0.25, 0.3) is 56.0 Å². The molecule has 0 unspecified atom stereocenters. The third-order valence-corrected chi connectivity index (χ3v) is 13.6. The van der Waals surface area contributed by atoms with Crippen molar-refractivity contribution in [2.24, 2.45) is 0 Å². The molecule has 0 aliphatic heterocycles. The van der Waals surface area contributed by atoms with Gasteiger partial charge in [0.2, 0.25) is 0 Å². The number of hydrogen-bond acceptors (Lipinski definition) is 3. The Morgan fingerprint density at radius 2 is 1.03 bits per heavy atom. The van der Waals surface area contributed by atoms with E-state index in [0.717, 1.165) is 67.0 Å². The predicted octanol–water partition coefficient (Wildman–Crippen LogP) is 15.5. The second-order valence-electron chi connectivity index (χ2n) is 19.8. The van der Waals surface area contributed by atoms with Crippen molar-refractivity contribution in [3.05, 3.63) is 245 Å². The third kappa shape index (κ3) is 10.4. The fraction of sp³-hybridized carbons (Fsp3) is 0.215. The van der Waals surface area contributed by atoms with E-state index in [-0.39, 0.29) is 31.2 Å². The maximum atomic E-state index is 10.1. The van der Waals surface area contributed by atoms with E-state index in [1.165, 1.54) is 16.7 Å². The normalized spacial score (nSPS) is 13.4. The van der Waals surface area contributed by atoms with Gasteiger partial charge in [0, 0.05) is 24.1 Å². The van der Waals surface area contributed by atoms with Crippen LogP contribution in [0.15, 0.2) is 176 Å². The average Bonchev–Trinajstić information content (AvgIpc) is 3.77. The Morgan fingerprint density at radius 1 is 0.507 bits per heavy atom. The van der Waals surface area contributed by atoms with Gasteiger partial charge in [-0.3, -0.25) is 0 Å². The summed E-state index contributed by atoms with van der Waals surface area (Å²) in [5.74, 6) is 0.380. The van der Waals surface area contributed by atoms with Crippen molar-refractivity contribution in [1.29, 1.82) is 0 Å². The summed E-state index contributed by atoms with van der Waals surface area (Å²) in [5, 5.41) is 0. The first kappa shape index (κ1) is 42.5. The van der Waals surface area contributed by atoms with Crippen molar-refractivity contribution >= 4 is 0 Å². The van der Waals surface area contributed by atoms with Gasteiger partial charge in [0.25, 0.3) is 0 Å². The molecule has 69 heavy (non-hydrogen) atoms. The Morgan fingerprint density at radius 3 is 1.54 bits per heavy atom. The molecular weight excluding hydrogens is 1010 g/mol. The molecule has 0 spiro atoms. The molecule has 0 radical (unpaired) electrons. The van der Waals surface area contributed by atoms with Crippen LogP contribution in [0.4, 0.5) is 0 Å². The van der Waals surface area contributed by atoms with Crippen LogP contribution in [0, 0.1) is 18.2 Å². The maximum absolute atomic E-state index is 10.1. The van der Waals surface area contributed by atoms with E-state index in [1.54, 1.807) is 6.20 Å². The van der Waals surface area contributed by atoms with Crippen molar-refractivity contribution in [2.45, 2.75) is 90.3 Å². The minimum Gasteiger partial charge on any atom is -0.304 e.